The first-order valence-corrected chi connectivity index (χ1v) is 6.75. The standard InChI is InChI=1S/C15H20N2O2/c1-3-12-10-17(9-8-14(12)18)15(19)16-13-6-4-11(2)5-7-13/h4-7,12H,3,8-10H2,1-2H3,(H,16,19). The summed E-state index contributed by atoms with van der Waals surface area (Å²) in [7, 11) is 0. The van der Waals surface area contributed by atoms with Crippen LogP contribution in [0.15, 0.2) is 24.3 Å². The van der Waals surface area contributed by atoms with Gasteiger partial charge in [-0.25, -0.2) is 4.79 Å². The van der Waals surface area contributed by atoms with E-state index in [-0.39, 0.29) is 17.7 Å². The molecule has 1 N–H and O–H groups in total. The second kappa shape index (κ2) is 5.87. The number of piperidine rings is 1. The van der Waals surface area contributed by atoms with Crippen LogP contribution in [-0.2, 0) is 4.79 Å². The lowest BCUT2D eigenvalue weighted by Crippen LogP contribution is -2.45. The van der Waals surface area contributed by atoms with Crippen molar-refractivity contribution in [3.05, 3.63) is 29.8 Å². The Bertz CT molecular complexity index is 468. The number of likely N-dealkylation sites (tertiary alicyclic amines) is 1. The van der Waals surface area contributed by atoms with Gasteiger partial charge in [0.2, 0.25) is 0 Å². The van der Waals surface area contributed by atoms with Gasteiger partial charge >= 0.3 is 6.03 Å². The predicted octanol–water partition coefficient (Wildman–Crippen LogP) is 2.83. The van der Waals surface area contributed by atoms with Crippen molar-refractivity contribution in [2.24, 2.45) is 5.92 Å². The van der Waals surface area contributed by atoms with Crippen LogP contribution in [0.3, 0.4) is 0 Å². The summed E-state index contributed by atoms with van der Waals surface area (Å²) >= 11 is 0. The van der Waals surface area contributed by atoms with E-state index in [0.717, 1.165) is 17.7 Å². The van der Waals surface area contributed by atoms with Crippen LogP contribution < -0.4 is 5.32 Å². The SMILES string of the molecule is CCC1CN(C(=O)Nc2ccc(C)cc2)CCC1=O. The Kier molecular flexibility index (Phi) is 4.20. The Morgan fingerprint density at radius 3 is 2.68 bits per heavy atom. The summed E-state index contributed by atoms with van der Waals surface area (Å²) in [4.78, 5) is 25.5. The van der Waals surface area contributed by atoms with Crippen molar-refractivity contribution in [2.75, 3.05) is 18.4 Å². The van der Waals surface area contributed by atoms with Crippen LogP contribution in [0.2, 0.25) is 0 Å². The summed E-state index contributed by atoms with van der Waals surface area (Å²) in [6.45, 7) is 5.05. The summed E-state index contributed by atoms with van der Waals surface area (Å²) in [6, 6.07) is 7.59. The number of anilines is 1. The topological polar surface area (TPSA) is 49.4 Å². The molecule has 0 radical (unpaired) electrons. The number of nitrogens with one attached hydrogen (secondary N) is 1. The van der Waals surface area contributed by atoms with Crippen molar-refractivity contribution >= 4 is 17.5 Å². The second-order valence-corrected chi connectivity index (χ2v) is 5.06. The number of hydrogen-bond acceptors (Lipinski definition) is 2. The highest BCUT2D eigenvalue weighted by atomic mass is 16.2. The lowest BCUT2D eigenvalue weighted by atomic mass is 9.94. The third kappa shape index (κ3) is 3.34. The van der Waals surface area contributed by atoms with Crippen molar-refractivity contribution in [1.29, 1.82) is 0 Å². The molecule has 1 atom stereocenters. The predicted molar refractivity (Wildman–Crippen MR) is 75.2 cm³/mol. The molecule has 1 aromatic rings. The summed E-state index contributed by atoms with van der Waals surface area (Å²) in [5, 5.41) is 2.87. The number of Topliss-reactive ketones (excluding diaryl/α,β-unsaturated/α-hetero) is 1. The molecule has 0 aromatic heterocycles. The average molecular weight is 260 g/mol. The van der Waals surface area contributed by atoms with E-state index in [1.54, 1.807) is 4.90 Å². The smallest absolute Gasteiger partial charge is 0.321 e. The number of carbonyl (C=O) groups excluding carboxylic acids is 2. The number of nitrogens with zero attached hydrogens (tertiary/aromatic N) is 1. The van der Waals surface area contributed by atoms with Crippen LogP contribution in [0.4, 0.5) is 10.5 Å². The van der Waals surface area contributed by atoms with Gasteiger partial charge in [-0.05, 0) is 25.5 Å². The minimum absolute atomic E-state index is 0.00230. The highest BCUT2D eigenvalue weighted by Gasteiger charge is 2.28. The van der Waals surface area contributed by atoms with Gasteiger partial charge in [-0.3, -0.25) is 4.79 Å². The largest absolute Gasteiger partial charge is 0.323 e. The first-order chi connectivity index (χ1) is 9.10. The first kappa shape index (κ1) is 13.6. The zero-order valence-corrected chi connectivity index (χ0v) is 11.5. The van der Waals surface area contributed by atoms with E-state index >= 15 is 0 Å². The zero-order valence-electron chi connectivity index (χ0n) is 11.5. The molecule has 1 fully saturated rings. The highest BCUT2D eigenvalue weighted by Crippen LogP contribution is 2.17. The van der Waals surface area contributed by atoms with Crippen molar-refractivity contribution in [3.8, 4) is 0 Å². The molecule has 2 rings (SSSR count). The Labute approximate surface area is 113 Å². The number of aryl methyl sites for hydroxylation is 1. The van der Waals surface area contributed by atoms with E-state index in [4.69, 9.17) is 0 Å². The van der Waals surface area contributed by atoms with E-state index in [0.29, 0.717) is 19.5 Å². The number of carbonyl (C=O) groups is 2. The molecule has 1 aliphatic rings. The fourth-order valence-electron chi connectivity index (χ4n) is 2.29. The highest BCUT2D eigenvalue weighted by molar-refractivity contribution is 5.91. The van der Waals surface area contributed by atoms with Gasteiger partial charge in [0.25, 0.3) is 0 Å². The van der Waals surface area contributed by atoms with Gasteiger partial charge < -0.3 is 10.2 Å². The van der Waals surface area contributed by atoms with Crippen LogP contribution in [0.5, 0.6) is 0 Å². The fraction of sp³-hybridized carbons (Fsp3) is 0.467. The number of urea groups is 1. The molecule has 1 saturated heterocycles. The number of hydrogen-bond donors (Lipinski definition) is 1. The first-order valence-electron chi connectivity index (χ1n) is 6.75. The maximum absolute atomic E-state index is 12.1. The minimum atomic E-state index is -0.116. The van der Waals surface area contributed by atoms with Crippen LogP contribution in [0, 0.1) is 12.8 Å². The lowest BCUT2D eigenvalue weighted by Gasteiger charge is -2.31. The maximum atomic E-state index is 12.1. The van der Waals surface area contributed by atoms with Crippen LogP contribution in [0.1, 0.15) is 25.3 Å². The number of rotatable bonds is 2. The fourth-order valence-corrected chi connectivity index (χ4v) is 2.29. The lowest BCUT2D eigenvalue weighted by molar-refractivity contribution is -0.125. The average Bonchev–Trinajstić information content (AvgIpc) is 2.42. The van der Waals surface area contributed by atoms with Crippen molar-refractivity contribution in [3.63, 3.8) is 0 Å². The summed E-state index contributed by atoms with van der Waals surface area (Å²) in [5.41, 5.74) is 1.95. The quantitative estimate of drug-likeness (QED) is 0.889. The second-order valence-electron chi connectivity index (χ2n) is 5.06. The Morgan fingerprint density at radius 2 is 2.05 bits per heavy atom. The van der Waals surface area contributed by atoms with Crippen molar-refractivity contribution < 1.29 is 9.59 Å². The van der Waals surface area contributed by atoms with Gasteiger partial charge in [-0.1, -0.05) is 24.6 Å². The Hall–Kier alpha value is -1.84. The van der Waals surface area contributed by atoms with Gasteiger partial charge in [0.15, 0.2) is 0 Å². The van der Waals surface area contributed by atoms with E-state index in [2.05, 4.69) is 5.32 Å². The van der Waals surface area contributed by atoms with Gasteiger partial charge in [-0.2, -0.15) is 0 Å². The van der Waals surface area contributed by atoms with Gasteiger partial charge in [-0.15, -0.1) is 0 Å². The van der Waals surface area contributed by atoms with E-state index in [1.165, 1.54) is 0 Å². The molecule has 102 valence electrons. The normalized spacial score (nSPS) is 19.4. The molecule has 4 heteroatoms. The van der Waals surface area contributed by atoms with Crippen molar-refractivity contribution in [2.45, 2.75) is 26.7 Å². The van der Waals surface area contributed by atoms with Gasteiger partial charge in [0, 0.05) is 31.1 Å². The summed E-state index contributed by atoms with van der Waals surface area (Å²) < 4.78 is 0. The third-order valence-electron chi connectivity index (χ3n) is 3.61. The van der Waals surface area contributed by atoms with E-state index in [9.17, 15) is 9.59 Å². The Balaban J connectivity index is 1.96. The van der Waals surface area contributed by atoms with E-state index < -0.39 is 0 Å². The molecule has 1 aromatic carbocycles. The molecular formula is C15H20N2O2. The molecule has 19 heavy (non-hydrogen) atoms. The molecule has 1 heterocycles. The molecule has 4 nitrogen and oxygen atoms in total. The molecule has 1 aliphatic heterocycles. The Morgan fingerprint density at radius 1 is 1.37 bits per heavy atom. The van der Waals surface area contributed by atoms with Gasteiger partial charge in [0.05, 0.1) is 0 Å². The molecule has 0 bridgehead atoms. The maximum Gasteiger partial charge on any atom is 0.321 e. The molecular weight excluding hydrogens is 240 g/mol. The monoisotopic (exact) mass is 260 g/mol. The molecule has 2 amide bonds. The summed E-state index contributed by atoms with van der Waals surface area (Å²) in [6.07, 6.45) is 1.27. The van der Waals surface area contributed by atoms with Crippen molar-refractivity contribution in [1.82, 2.24) is 4.90 Å². The zero-order chi connectivity index (χ0) is 13.8. The van der Waals surface area contributed by atoms with E-state index in [1.807, 2.05) is 38.1 Å². The molecule has 1 unspecified atom stereocenters. The summed E-state index contributed by atoms with van der Waals surface area (Å²) in [5.74, 6) is 0.277. The number of ketones is 1. The number of benzene rings is 1. The molecule has 0 spiro atoms. The van der Waals surface area contributed by atoms with Crippen LogP contribution >= 0.6 is 0 Å². The van der Waals surface area contributed by atoms with Crippen LogP contribution in [0.25, 0.3) is 0 Å². The molecule has 0 saturated carbocycles. The molecule has 0 aliphatic carbocycles. The third-order valence-corrected chi connectivity index (χ3v) is 3.61. The number of amides is 2. The minimum Gasteiger partial charge on any atom is -0.323 e. The van der Waals surface area contributed by atoms with Gasteiger partial charge in [0.1, 0.15) is 5.78 Å². The van der Waals surface area contributed by atoms with Crippen LogP contribution in [-0.4, -0.2) is 29.8 Å².